The molecule has 24 heavy (non-hydrogen) atoms. The Morgan fingerprint density at radius 2 is 1.46 bits per heavy atom. The van der Waals surface area contributed by atoms with Crippen LogP contribution in [0.1, 0.15) is 6.42 Å². The Morgan fingerprint density at radius 1 is 1.00 bits per heavy atom. The third-order valence-corrected chi connectivity index (χ3v) is 7.52. The van der Waals surface area contributed by atoms with Crippen LogP contribution in [0, 0.1) is 11.8 Å². The number of fused-ring (bicyclic) bond motifs is 5. The molecule has 3 aliphatic rings. The highest BCUT2D eigenvalue weighted by Crippen LogP contribution is 2.70. The lowest BCUT2D eigenvalue weighted by atomic mass is 9.84. The van der Waals surface area contributed by atoms with Gasteiger partial charge >= 0.3 is 0 Å². The van der Waals surface area contributed by atoms with Crippen LogP contribution >= 0.6 is 46.4 Å². The van der Waals surface area contributed by atoms with Crippen molar-refractivity contribution < 1.29 is 14.3 Å². The molecular formula is C16H11Cl4NO3. The van der Waals surface area contributed by atoms with Crippen LogP contribution in [0.3, 0.4) is 0 Å². The van der Waals surface area contributed by atoms with E-state index in [1.54, 1.807) is 24.3 Å². The Balaban J connectivity index is 1.80. The van der Waals surface area contributed by atoms with Crippen molar-refractivity contribution in [2.24, 2.45) is 11.8 Å². The first kappa shape index (κ1) is 16.5. The number of hydrogen-bond acceptors (Lipinski definition) is 3. The predicted molar refractivity (Wildman–Crippen MR) is 93.0 cm³/mol. The third-order valence-electron chi connectivity index (χ3n) is 5.06. The van der Waals surface area contributed by atoms with E-state index in [-0.39, 0.29) is 16.5 Å². The zero-order valence-corrected chi connectivity index (χ0v) is 15.4. The van der Waals surface area contributed by atoms with Crippen LogP contribution in [-0.2, 0) is 9.59 Å². The predicted octanol–water partition coefficient (Wildman–Crippen LogP) is 3.86. The summed E-state index contributed by atoms with van der Waals surface area (Å²) < 4.78 is 5.09. The van der Waals surface area contributed by atoms with E-state index < -0.39 is 33.4 Å². The molecule has 1 aliphatic heterocycles. The van der Waals surface area contributed by atoms with Gasteiger partial charge in [-0.05, 0) is 30.7 Å². The molecule has 8 heteroatoms. The van der Waals surface area contributed by atoms with Crippen molar-refractivity contribution in [3.63, 3.8) is 0 Å². The van der Waals surface area contributed by atoms with Crippen LogP contribution in [0.4, 0.5) is 5.69 Å². The van der Waals surface area contributed by atoms with Crippen molar-refractivity contribution in [1.29, 1.82) is 0 Å². The molecule has 2 aliphatic carbocycles. The second kappa shape index (κ2) is 5.04. The molecule has 1 saturated carbocycles. The number of allylic oxidation sites excluding steroid dienone is 2. The summed E-state index contributed by atoms with van der Waals surface area (Å²) in [6, 6.07) is 6.61. The number of nitrogens with zero attached hydrogens (tertiary/aromatic N) is 1. The van der Waals surface area contributed by atoms with E-state index in [1.165, 1.54) is 7.11 Å². The maximum atomic E-state index is 12.9. The van der Waals surface area contributed by atoms with Crippen LogP contribution in [0.15, 0.2) is 34.3 Å². The maximum Gasteiger partial charge on any atom is 0.239 e. The molecule has 1 aromatic rings. The largest absolute Gasteiger partial charge is 0.497 e. The molecule has 2 fully saturated rings. The van der Waals surface area contributed by atoms with Gasteiger partial charge in [0.15, 0.2) is 0 Å². The number of carbonyl (C=O) groups is 2. The number of imide groups is 1. The number of ether oxygens (including phenoxy) is 1. The molecule has 0 unspecified atom stereocenters. The number of hydrogen-bond donors (Lipinski definition) is 0. The van der Waals surface area contributed by atoms with Gasteiger partial charge in [0, 0.05) is 0 Å². The molecule has 1 saturated heterocycles. The van der Waals surface area contributed by atoms with Crippen molar-refractivity contribution in [2.75, 3.05) is 12.0 Å². The fraction of sp³-hybridized carbons (Fsp3) is 0.375. The second-order valence-corrected chi connectivity index (χ2v) is 8.30. The van der Waals surface area contributed by atoms with Crippen molar-refractivity contribution >= 4 is 63.9 Å². The number of anilines is 1. The van der Waals surface area contributed by atoms with Gasteiger partial charge in [0.2, 0.25) is 11.8 Å². The van der Waals surface area contributed by atoms with E-state index in [2.05, 4.69) is 0 Å². The quantitative estimate of drug-likeness (QED) is 0.553. The fourth-order valence-electron chi connectivity index (χ4n) is 3.96. The highest BCUT2D eigenvalue weighted by Gasteiger charge is 2.76. The molecule has 0 aromatic heterocycles. The summed E-state index contributed by atoms with van der Waals surface area (Å²) in [6.45, 7) is 0. The van der Waals surface area contributed by atoms with Crippen LogP contribution in [-0.4, -0.2) is 28.7 Å². The molecule has 1 aromatic carbocycles. The number of halogens is 4. The van der Waals surface area contributed by atoms with E-state index in [1.807, 2.05) is 0 Å². The molecule has 126 valence electrons. The standard InChI is InChI=1S/C16H11Cl4NO3/c1-24-8-4-2-7(3-5-8)21-13(22)9-10(14(21)23)16(20)6-15(9,19)11(17)12(16)18/h2-5,9-10H,6H2,1H3/t9-,10+,15+,16-. The van der Waals surface area contributed by atoms with E-state index in [9.17, 15) is 9.59 Å². The number of methoxy groups -OCH3 is 1. The van der Waals surface area contributed by atoms with E-state index in [4.69, 9.17) is 51.1 Å². The molecule has 0 radical (unpaired) electrons. The molecular weight excluding hydrogens is 396 g/mol. The zero-order chi connectivity index (χ0) is 17.4. The Morgan fingerprint density at radius 3 is 1.88 bits per heavy atom. The van der Waals surface area contributed by atoms with E-state index >= 15 is 0 Å². The molecule has 0 N–H and O–H groups in total. The topological polar surface area (TPSA) is 46.6 Å². The van der Waals surface area contributed by atoms with Crippen LogP contribution in [0.5, 0.6) is 5.75 Å². The van der Waals surface area contributed by atoms with Crippen molar-refractivity contribution in [3.05, 3.63) is 34.3 Å². The third kappa shape index (κ3) is 1.78. The molecule has 4 nitrogen and oxygen atoms in total. The number of amides is 2. The summed E-state index contributed by atoms with van der Waals surface area (Å²) in [5.41, 5.74) is 0.437. The van der Waals surface area contributed by atoms with Gasteiger partial charge in [0.1, 0.15) is 5.75 Å². The molecule has 4 rings (SSSR count). The lowest BCUT2D eigenvalue weighted by molar-refractivity contribution is -0.123. The second-order valence-electron chi connectivity index (χ2n) is 6.19. The number of alkyl halides is 2. The molecule has 4 atom stereocenters. The maximum absolute atomic E-state index is 12.9. The van der Waals surface area contributed by atoms with Gasteiger partial charge in [-0.2, -0.15) is 0 Å². The lowest BCUT2D eigenvalue weighted by Crippen LogP contribution is -2.38. The summed E-state index contributed by atoms with van der Waals surface area (Å²) in [6.07, 6.45) is 0.171. The highest BCUT2D eigenvalue weighted by molar-refractivity contribution is 6.53. The first-order valence-electron chi connectivity index (χ1n) is 7.21. The first-order chi connectivity index (χ1) is 11.3. The highest BCUT2D eigenvalue weighted by atomic mass is 35.5. The smallest absolute Gasteiger partial charge is 0.239 e. The summed E-state index contributed by atoms with van der Waals surface area (Å²) in [5, 5.41) is 0.333. The van der Waals surface area contributed by atoms with Crippen LogP contribution < -0.4 is 9.64 Å². The van der Waals surface area contributed by atoms with Gasteiger partial charge in [-0.25, -0.2) is 4.90 Å². The van der Waals surface area contributed by atoms with Crippen molar-refractivity contribution in [1.82, 2.24) is 0 Å². The zero-order valence-electron chi connectivity index (χ0n) is 12.4. The van der Waals surface area contributed by atoms with Crippen LogP contribution in [0.25, 0.3) is 0 Å². The minimum absolute atomic E-state index is 0.166. The fourth-order valence-corrected chi connectivity index (χ4v) is 5.89. The molecule has 2 bridgehead atoms. The Kier molecular flexibility index (Phi) is 3.47. The monoisotopic (exact) mass is 405 g/mol. The van der Waals surface area contributed by atoms with Gasteiger partial charge in [-0.15, -0.1) is 23.2 Å². The van der Waals surface area contributed by atoms with Crippen molar-refractivity contribution in [3.8, 4) is 5.75 Å². The SMILES string of the molecule is COc1ccc(N2C(=O)[C@@H]3[C@H](C2=O)[C@@]2(Cl)C[C@]3(Cl)C(Cl)=C2Cl)cc1. The van der Waals surface area contributed by atoms with Gasteiger partial charge < -0.3 is 4.74 Å². The van der Waals surface area contributed by atoms with Gasteiger partial charge in [0.05, 0.1) is 44.4 Å². The summed E-state index contributed by atoms with van der Waals surface area (Å²) in [4.78, 5) is 24.6. The Bertz CT molecular complexity index is 766. The number of carbonyl (C=O) groups excluding carboxylic acids is 2. The molecule has 2 amide bonds. The number of rotatable bonds is 2. The van der Waals surface area contributed by atoms with Crippen LogP contribution in [0.2, 0.25) is 0 Å². The Hall–Kier alpha value is -0.940. The average Bonchev–Trinajstić information content (AvgIpc) is 3.05. The average molecular weight is 407 g/mol. The van der Waals surface area contributed by atoms with Crippen molar-refractivity contribution in [2.45, 2.75) is 16.2 Å². The summed E-state index contributed by atoms with van der Waals surface area (Å²) in [7, 11) is 1.54. The Labute approximate surface area is 158 Å². The van der Waals surface area contributed by atoms with Gasteiger partial charge in [0.25, 0.3) is 0 Å². The van der Waals surface area contributed by atoms with Gasteiger partial charge in [-0.3, -0.25) is 9.59 Å². The normalized spacial score (nSPS) is 37.5. The minimum atomic E-state index is -1.22. The lowest BCUT2D eigenvalue weighted by Gasteiger charge is -2.29. The molecule has 1 heterocycles. The van der Waals surface area contributed by atoms with E-state index in [0.717, 1.165) is 4.90 Å². The summed E-state index contributed by atoms with van der Waals surface area (Å²) >= 11 is 25.7. The molecule has 0 spiro atoms. The minimum Gasteiger partial charge on any atom is -0.497 e. The van der Waals surface area contributed by atoms with E-state index in [0.29, 0.717) is 11.4 Å². The first-order valence-corrected chi connectivity index (χ1v) is 8.73. The van der Waals surface area contributed by atoms with Gasteiger partial charge in [-0.1, -0.05) is 23.2 Å². The summed E-state index contributed by atoms with van der Waals surface area (Å²) in [5.74, 6) is -1.83. The number of benzene rings is 1.